The van der Waals surface area contributed by atoms with Crippen LogP contribution in [0.1, 0.15) is 18.9 Å². The number of nitrogens with zero attached hydrogens (tertiary/aromatic N) is 1. The standard InChI is InChI=1S/C15H19N3O2/c1-2-12-11-18(15(20)17-14(12)19)10-6-9-16-13-7-4-3-5-8-13/h3-5,7-8,11,16H,2,6,9-10H2,1H3,(H,17,19,20). The van der Waals surface area contributed by atoms with Crippen molar-refractivity contribution < 1.29 is 0 Å². The summed E-state index contributed by atoms with van der Waals surface area (Å²) in [6.45, 7) is 3.26. The summed E-state index contributed by atoms with van der Waals surface area (Å²) in [4.78, 5) is 25.5. The largest absolute Gasteiger partial charge is 0.385 e. The number of anilines is 1. The summed E-state index contributed by atoms with van der Waals surface area (Å²) in [6, 6.07) is 9.92. The molecule has 0 bridgehead atoms. The van der Waals surface area contributed by atoms with Gasteiger partial charge in [0, 0.05) is 30.5 Å². The smallest absolute Gasteiger partial charge is 0.328 e. The SMILES string of the molecule is CCc1cn(CCCNc2ccccc2)c(=O)[nH]c1=O. The molecule has 0 aliphatic carbocycles. The van der Waals surface area contributed by atoms with E-state index in [1.807, 2.05) is 37.3 Å². The second-order valence-electron chi connectivity index (χ2n) is 4.61. The van der Waals surface area contributed by atoms with Crippen molar-refractivity contribution in [1.29, 1.82) is 0 Å². The number of aromatic amines is 1. The summed E-state index contributed by atoms with van der Waals surface area (Å²) in [5.41, 5.74) is 1.08. The van der Waals surface area contributed by atoms with E-state index in [1.165, 1.54) is 0 Å². The number of hydrogen-bond acceptors (Lipinski definition) is 3. The highest BCUT2D eigenvalue weighted by Crippen LogP contribution is 2.04. The summed E-state index contributed by atoms with van der Waals surface area (Å²) < 4.78 is 1.56. The van der Waals surface area contributed by atoms with Crippen molar-refractivity contribution in [2.24, 2.45) is 0 Å². The Morgan fingerprint density at radius 2 is 1.95 bits per heavy atom. The van der Waals surface area contributed by atoms with Gasteiger partial charge in [-0.05, 0) is 25.0 Å². The second kappa shape index (κ2) is 6.75. The molecule has 0 amide bonds. The first kappa shape index (κ1) is 14.1. The van der Waals surface area contributed by atoms with E-state index in [0.717, 1.165) is 18.7 Å². The minimum Gasteiger partial charge on any atom is -0.385 e. The van der Waals surface area contributed by atoms with E-state index >= 15 is 0 Å². The fourth-order valence-electron chi connectivity index (χ4n) is 2.01. The van der Waals surface area contributed by atoms with Crippen molar-refractivity contribution >= 4 is 5.69 Å². The summed E-state index contributed by atoms with van der Waals surface area (Å²) in [7, 11) is 0. The van der Waals surface area contributed by atoms with Crippen LogP contribution in [0.5, 0.6) is 0 Å². The third-order valence-electron chi connectivity index (χ3n) is 3.14. The number of nitrogens with one attached hydrogen (secondary N) is 2. The van der Waals surface area contributed by atoms with Crippen molar-refractivity contribution in [3.8, 4) is 0 Å². The first-order valence-electron chi connectivity index (χ1n) is 6.82. The van der Waals surface area contributed by atoms with Crippen molar-refractivity contribution in [1.82, 2.24) is 9.55 Å². The average molecular weight is 273 g/mol. The van der Waals surface area contributed by atoms with Gasteiger partial charge in [-0.2, -0.15) is 0 Å². The molecule has 0 saturated heterocycles. The molecule has 0 aliphatic heterocycles. The quantitative estimate of drug-likeness (QED) is 0.786. The molecule has 1 heterocycles. The Morgan fingerprint density at radius 1 is 1.20 bits per heavy atom. The normalized spacial score (nSPS) is 10.4. The molecule has 106 valence electrons. The first-order valence-corrected chi connectivity index (χ1v) is 6.82. The van der Waals surface area contributed by atoms with E-state index in [2.05, 4.69) is 10.3 Å². The Balaban J connectivity index is 1.91. The minimum atomic E-state index is -0.341. The summed E-state index contributed by atoms with van der Waals surface area (Å²) >= 11 is 0. The van der Waals surface area contributed by atoms with Gasteiger partial charge < -0.3 is 9.88 Å². The predicted octanol–water partition coefficient (Wildman–Crippen LogP) is 1.60. The molecule has 0 fully saturated rings. The topological polar surface area (TPSA) is 66.9 Å². The monoisotopic (exact) mass is 273 g/mol. The van der Waals surface area contributed by atoms with Crippen LogP contribution < -0.4 is 16.6 Å². The molecule has 0 radical (unpaired) electrons. The molecular formula is C15H19N3O2. The van der Waals surface area contributed by atoms with Crippen LogP contribution >= 0.6 is 0 Å². The highest BCUT2D eigenvalue weighted by molar-refractivity contribution is 5.42. The van der Waals surface area contributed by atoms with E-state index in [1.54, 1.807) is 10.8 Å². The molecule has 0 unspecified atom stereocenters. The van der Waals surface area contributed by atoms with E-state index in [4.69, 9.17) is 0 Å². The minimum absolute atomic E-state index is 0.281. The van der Waals surface area contributed by atoms with Crippen LogP contribution in [0.4, 0.5) is 5.69 Å². The molecule has 1 aromatic heterocycles. The molecule has 0 atom stereocenters. The van der Waals surface area contributed by atoms with Gasteiger partial charge >= 0.3 is 5.69 Å². The number of aryl methyl sites for hydroxylation is 2. The molecule has 20 heavy (non-hydrogen) atoms. The van der Waals surface area contributed by atoms with Gasteiger partial charge in [0.25, 0.3) is 5.56 Å². The molecule has 1 aromatic carbocycles. The zero-order valence-electron chi connectivity index (χ0n) is 11.6. The number of rotatable bonds is 6. The van der Waals surface area contributed by atoms with Gasteiger partial charge in [-0.3, -0.25) is 9.78 Å². The highest BCUT2D eigenvalue weighted by atomic mass is 16.2. The molecule has 0 spiro atoms. The van der Waals surface area contributed by atoms with Gasteiger partial charge in [-0.1, -0.05) is 25.1 Å². The molecule has 2 rings (SSSR count). The second-order valence-corrected chi connectivity index (χ2v) is 4.61. The number of benzene rings is 1. The van der Waals surface area contributed by atoms with Crippen LogP contribution in [0.3, 0.4) is 0 Å². The van der Waals surface area contributed by atoms with Crippen molar-refractivity contribution in [2.75, 3.05) is 11.9 Å². The highest BCUT2D eigenvalue weighted by Gasteiger charge is 2.02. The molecule has 0 saturated carbocycles. The number of hydrogen-bond donors (Lipinski definition) is 2. The number of aromatic nitrogens is 2. The van der Waals surface area contributed by atoms with E-state index < -0.39 is 0 Å². The van der Waals surface area contributed by atoms with E-state index in [-0.39, 0.29) is 11.2 Å². The molecule has 2 aromatic rings. The third kappa shape index (κ3) is 3.60. The van der Waals surface area contributed by atoms with Crippen LogP contribution in [0.2, 0.25) is 0 Å². The summed E-state index contributed by atoms with van der Waals surface area (Å²) in [6.07, 6.45) is 3.09. The van der Waals surface area contributed by atoms with Crippen LogP contribution in [0.15, 0.2) is 46.1 Å². The Labute approximate surface area is 117 Å². The fourth-order valence-corrected chi connectivity index (χ4v) is 2.01. The zero-order valence-corrected chi connectivity index (χ0v) is 11.6. The van der Waals surface area contributed by atoms with Crippen LogP contribution in [-0.2, 0) is 13.0 Å². The zero-order chi connectivity index (χ0) is 14.4. The van der Waals surface area contributed by atoms with Crippen LogP contribution in [0.25, 0.3) is 0 Å². The van der Waals surface area contributed by atoms with Gasteiger partial charge in [-0.25, -0.2) is 4.79 Å². The lowest BCUT2D eigenvalue weighted by Gasteiger charge is -2.08. The van der Waals surface area contributed by atoms with Gasteiger partial charge in [-0.15, -0.1) is 0 Å². The third-order valence-corrected chi connectivity index (χ3v) is 3.14. The van der Waals surface area contributed by atoms with Crippen molar-refractivity contribution in [3.05, 3.63) is 62.9 Å². The van der Waals surface area contributed by atoms with E-state index in [0.29, 0.717) is 18.5 Å². The maximum Gasteiger partial charge on any atom is 0.328 e. The van der Waals surface area contributed by atoms with Crippen molar-refractivity contribution in [3.63, 3.8) is 0 Å². The van der Waals surface area contributed by atoms with Gasteiger partial charge in [0.15, 0.2) is 0 Å². The van der Waals surface area contributed by atoms with Crippen LogP contribution in [0, 0.1) is 0 Å². The molecule has 2 N–H and O–H groups in total. The lowest BCUT2D eigenvalue weighted by Crippen LogP contribution is -2.32. The molecule has 5 nitrogen and oxygen atoms in total. The molecule has 0 aliphatic rings. The van der Waals surface area contributed by atoms with Crippen molar-refractivity contribution in [2.45, 2.75) is 26.3 Å². The molecular weight excluding hydrogens is 254 g/mol. The Morgan fingerprint density at radius 3 is 2.65 bits per heavy atom. The summed E-state index contributed by atoms with van der Waals surface area (Å²) in [5.74, 6) is 0. The molecule has 5 heteroatoms. The van der Waals surface area contributed by atoms with Gasteiger partial charge in [0.05, 0.1) is 0 Å². The maximum atomic E-state index is 11.7. The van der Waals surface area contributed by atoms with Gasteiger partial charge in [0.2, 0.25) is 0 Å². The average Bonchev–Trinajstić information content (AvgIpc) is 2.46. The Hall–Kier alpha value is -2.30. The Bertz CT molecular complexity index is 659. The predicted molar refractivity (Wildman–Crippen MR) is 80.2 cm³/mol. The number of para-hydroxylation sites is 1. The number of H-pyrrole nitrogens is 1. The summed E-state index contributed by atoms with van der Waals surface area (Å²) in [5, 5.41) is 3.29. The van der Waals surface area contributed by atoms with Crippen LogP contribution in [-0.4, -0.2) is 16.1 Å². The fraction of sp³-hybridized carbons (Fsp3) is 0.333. The first-order chi connectivity index (χ1) is 9.70. The van der Waals surface area contributed by atoms with Gasteiger partial charge in [0.1, 0.15) is 0 Å². The maximum absolute atomic E-state index is 11.7. The lowest BCUT2D eigenvalue weighted by molar-refractivity contribution is 0.613. The van der Waals surface area contributed by atoms with E-state index in [9.17, 15) is 9.59 Å². The lowest BCUT2D eigenvalue weighted by atomic mass is 10.2. The Kier molecular flexibility index (Phi) is 4.76.